The number of aryl methyl sites for hydroxylation is 1. The van der Waals surface area contributed by atoms with Crippen LogP contribution in [0.5, 0.6) is 5.75 Å². The van der Waals surface area contributed by atoms with Crippen molar-refractivity contribution >= 4 is 31.3 Å². The van der Waals surface area contributed by atoms with E-state index >= 15 is 4.79 Å². The number of fused-ring (bicyclic) bond motifs is 7. The summed E-state index contributed by atoms with van der Waals surface area (Å²) in [5, 5.41) is 29.5. The number of ketones is 2. The lowest BCUT2D eigenvalue weighted by Crippen LogP contribution is -3.00. The molecule has 1 saturated heterocycles. The lowest BCUT2D eigenvalue weighted by atomic mass is 9.46. The molecule has 11 atom stereocenters. The molecule has 1 aromatic heterocycles. The molecule has 5 aliphatic carbocycles. The van der Waals surface area contributed by atoms with Gasteiger partial charge in [0.2, 0.25) is 5.78 Å². The second-order valence-corrected chi connectivity index (χ2v) is 25.4. The predicted octanol–water partition coefficient (Wildman–Crippen LogP) is 5.15. The lowest BCUT2D eigenvalue weighted by Gasteiger charge is -2.59. The number of benzene rings is 2. The van der Waals surface area contributed by atoms with E-state index < -0.39 is 79.0 Å². The second kappa shape index (κ2) is 28.0. The maximum Gasteiger partial charge on any atom is 0.524 e. The number of pyridine rings is 1. The quantitative estimate of drug-likeness (QED) is 0.0251. The number of hydrogen-bond acceptors (Lipinski definition) is 13. The Balaban J connectivity index is 0.00000880. The van der Waals surface area contributed by atoms with Crippen molar-refractivity contribution in [3.8, 4) is 5.75 Å². The van der Waals surface area contributed by atoms with E-state index in [0.717, 1.165) is 102 Å². The third-order valence-corrected chi connectivity index (χ3v) is 19.2. The highest BCUT2D eigenvalue weighted by Crippen LogP contribution is 2.70. The van der Waals surface area contributed by atoms with Crippen molar-refractivity contribution in [3.63, 3.8) is 0 Å². The first-order chi connectivity index (χ1) is 38.9. The minimum Gasteiger partial charge on any atom is -1.00 e. The smallest absolute Gasteiger partial charge is 0.524 e. The van der Waals surface area contributed by atoms with E-state index in [1.54, 1.807) is 60.3 Å². The molecule has 0 radical (unpaired) electrons. The van der Waals surface area contributed by atoms with Crippen molar-refractivity contribution in [3.05, 3.63) is 119 Å². The van der Waals surface area contributed by atoms with Crippen molar-refractivity contribution in [2.45, 2.75) is 160 Å². The fraction of sp³-hybridized carbons (Fsp3) is 0.603. The normalized spacial score (nSPS) is 28.3. The number of amides is 1. The van der Waals surface area contributed by atoms with Gasteiger partial charge in [0.05, 0.1) is 29.8 Å². The number of phosphoric acid groups is 1. The monoisotopic (exact) mass is 1170 g/mol. The molecular weight excluding hydrogens is 1090 g/mol. The molecule has 0 spiro atoms. The Morgan fingerprint density at radius 2 is 1.68 bits per heavy atom. The van der Waals surface area contributed by atoms with Gasteiger partial charge in [-0.3, -0.25) is 29.0 Å². The van der Waals surface area contributed by atoms with Crippen molar-refractivity contribution < 1.29 is 84.2 Å². The number of phosphoric ester groups is 1. The molecule has 2 unspecified atom stereocenters. The maximum absolute atomic E-state index is 15.0. The van der Waals surface area contributed by atoms with Crippen LogP contribution in [0.2, 0.25) is 0 Å². The first-order valence-electron chi connectivity index (χ1n) is 29.7. The zero-order valence-corrected chi connectivity index (χ0v) is 49.4. The summed E-state index contributed by atoms with van der Waals surface area (Å²) < 4.78 is 44.2. The molecule has 5 fully saturated rings. The molecule has 4 saturated carbocycles. The molecular formula is C63H85ClN3O14P. The molecule has 9 rings (SSSR count). The number of unbranched alkanes of at least 4 members (excludes halogenated alkanes) is 4. The molecule has 448 valence electrons. The minimum absolute atomic E-state index is 0. The average Bonchev–Trinajstić information content (AvgIpc) is 1.70. The van der Waals surface area contributed by atoms with E-state index in [-0.39, 0.29) is 79.2 Å². The summed E-state index contributed by atoms with van der Waals surface area (Å²) in [4.78, 5) is 74.2. The third-order valence-electron chi connectivity index (χ3n) is 18.8. The van der Waals surface area contributed by atoms with Crippen LogP contribution in [-0.2, 0) is 50.9 Å². The molecule has 1 amide bonds. The van der Waals surface area contributed by atoms with E-state index in [0.29, 0.717) is 30.5 Å². The van der Waals surface area contributed by atoms with Crippen LogP contribution in [0.3, 0.4) is 0 Å². The van der Waals surface area contributed by atoms with Crippen LogP contribution in [0, 0.1) is 40.4 Å². The molecule has 6 aliphatic rings. The summed E-state index contributed by atoms with van der Waals surface area (Å²) in [7, 11) is -4.96. The standard InChI is InChI=1S/C63H84N3O14P.ClH/c1-42(59(72)77-41-55(70)63-56(78-60(79-63)44-20-10-7-11-21-44)35-51-50-25-24-48-34-49(67)27-28-61(48,2)57(50)52(68)36-62(51,63)3)37-65-58(71)46-22-16-30-66(39-46)40-47-33-45(23-26-54(47)80-81(73,74)75)53(69)38-64-29-13-4-5-14-31-76-32-15-12-19-43-17-8-6-9-18-43;/h6,8-9,16-18,22-23,26-28,30,33-34,39,42,44,50-53,56-57,60,64,68-69H,4-5,7,10-15,19-21,24-25,29,31-32,35-38,40-41H2,1-3H3,(H2-,65,71,73,74,75);1H/t42?,50-,51-,52-,53?,56+,57+,60+,61-,62-,63+;/m0./s1. The number of esters is 1. The summed E-state index contributed by atoms with van der Waals surface area (Å²) in [6, 6.07) is 18.3. The van der Waals surface area contributed by atoms with Crippen LogP contribution >= 0.6 is 7.82 Å². The van der Waals surface area contributed by atoms with Gasteiger partial charge < -0.3 is 56.7 Å². The number of Topliss-reactive ketones (excluding diaryl/α,β-unsaturated/α-hetero) is 1. The Hall–Kier alpha value is -4.65. The Morgan fingerprint density at radius 1 is 0.927 bits per heavy atom. The molecule has 19 heteroatoms. The summed E-state index contributed by atoms with van der Waals surface area (Å²) in [5.41, 5.74) is 0.710. The van der Waals surface area contributed by atoms with Crippen molar-refractivity contribution in [1.82, 2.24) is 10.6 Å². The highest BCUT2D eigenvalue weighted by atomic mass is 35.5. The van der Waals surface area contributed by atoms with E-state index in [1.807, 2.05) is 12.1 Å². The van der Waals surface area contributed by atoms with Gasteiger partial charge in [-0.05, 0) is 130 Å². The summed E-state index contributed by atoms with van der Waals surface area (Å²) in [6.07, 6.45) is 20.3. The SMILES string of the molecule is CC(CNC(=O)c1ccc[n+](Cc2cc(C(O)CNCCCCCCOCCCCc3ccccc3)ccc2OP(=O)(O)O)c1)C(=O)OCC(=O)[C@@]12O[C@H](C3CCCCC3)O[C@@H]1C[C@H]1[C@@H]3CCC4=CC(=O)C=C[C@]4(C)[C@H]3[C@@H](O)C[C@@]12C.[Cl-]. The van der Waals surface area contributed by atoms with Crippen molar-refractivity contribution in [2.75, 3.05) is 39.5 Å². The number of nitrogens with one attached hydrogen (secondary N) is 2. The van der Waals surface area contributed by atoms with Crippen LogP contribution in [-0.4, -0.2) is 107 Å². The number of allylic oxidation sites excluding steroid dienone is 4. The highest BCUT2D eigenvalue weighted by molar-refractivity contribution is 7.46. The number of aliphatic hydroxyl groups excluding tert-OH is 2. The zero-order valence-electron chi connectivity index (χ0n) is 47.8. The Morgan fingerprint density at radius 3 is 2.45 bits per heavy atom. The van der Waals surface area contributed by atoms with Gasteiger partial charge in [-0.1, -0.05) is 101 Å². The topological polar surface area (TPSA) is 240 Å². The first-order valence-corrected chi connectivity index (χ1v) is 31.2. The number of aliphatic hydroxyl groups is 2. The van der Waals surface area contributed by atoms with E-state index in [1.165, 1.54) is 11.6 Å². The van der Waals surface area contributed by atoms with Crippen LogP contribution < -0.4 is 32.1 Å². The number of carbonyl (C=O) groups excluding carboxylic acids is 4. The van der Waals surface area contributed by atoms with E-state index in [2.05, 4.69) is 48.7 Å². The average molecular weight is 1170 g/mol. The summed E-state index contributed by atoms with van der Waals surface area (Å²) in [5.74, 6) is -2.58. The Bertz CT molecular complexity index is 2810. The van der Waals surface area contributed by atoms with Gasteiger partial charge in [0, 0.05) is 55.0 Å². The predicted molar refractivity (Wildman–Crippen MR) is 301 cm³/mol. The second-order valence-electron chi connectivity index (χ2n) is 24.2. The van der Waals surface area contributed by atoms with Gasteiger partial charge in [0.1, 0.15) is 11.3 Å². The van der Waals surface area contributed by atoms with Gasteiger partial charge in [-0.25, -0.2) is 4.57 Å². The number of hydrogen-bond donors (Lipinski definition) is 6. The van der Waals surface area contributed by atoms with Gasteiger partial charge in [-0.2, -0.15) is 4.57 Å². The van der Waals surface area contributed by atoms with Crippen LogP contribution in [0.15, 0.2) is 96.9 Å². The third kappa shape index (κ3) is 14.5. The molecule has 0 bridgehead atoms. The number of halogens is 1. The van der Waals surface area contributed by atoms with E-state index in [4.69, 9.17) is 23.5 Å². The number of carbonyl (C=O) groups is 4. The maximum atomic E-state index is 15.0. The van der Waals surface area contributed by atoms with Crippen LogP contribution in [0.25, 0.3) is 0 Å². The Labute approximate surface area is 489 Å². The summed E-state index contributed by atoms with van der Waals surface area (Å²) in [6.45, 7) is 7.60. The molecule has 2 heterocycles. The number of nitrogens with zero attached hydrogens (tertiary/aromatic N) is 1. The summed E-state index contributed by atoms with van der Waals surface area (Å²) >= 11 is 0. The molecule has 82 heavy (non-hydrogen) atoms. The zero-order chi connectivity index (χ0) is 57.4. The largest absolute Gasteiger partial charge is 1.00 e. The first kappa shape index (κ1) is 63.4. The highest BCUT2D eigenvalue weighted by Gasteiger charge is 2.76. The molecule has 1 aliphatic heterocycles. The fourth-order valence-electron chi connectivity index (χ4n) is 14.6. The minimum atomic E-state index is -4.96. The number of rotatable bonds is 27. The Kier molecular flexibility index (Phi) is 21.7. The molecule has 6 N–H and O–H groups in total. The number of ether oxygens (including phenoxy) is 4. The fourth-order valence-corrected chi connectivity index (χ4v) is 15.0. The van der Waals surface area contributed by atoms with Gasteiger partial charge in [-0.15, -0.1) is 0 Å². The van der Waals surface area contributed by atoms with Gasteiger partial charge >= 0.3 is 13.8 Å². The van der Waals surface area contributed by atoms with Crippen molar-refractivity contribution in [1.29, 1.82) is 0 Å². The lowest BCUT2D eigenvalue weighted by molar-refractivity contribution is -0.688. The van der Waals surface area contributed by atoms with Crippen LogP contribution in [0.4, 0.5) is 0 Å². The van der Waals surface area contributed by atoms with Gasteiger partial charge in [0.25, 0.3) is 5.91 Å². The van der Waals surface area contributed by atoms with E-state index in [9.17, 15) is 38.9 Å². The molecule has 17 nitrogen and oxygen atoms in total. The van der Waals surface area contributed by atoms with Crippen LogP contribution in [0.1, 0.15) is 150 Å². The van der Waals surface area contributed by atoms with Gasteiger partial charge in [0.15, 0.2) is 43.2 Å². The number of aromatic nitrogens is 1. The molecule has 2 aromatic carbocycles. The van der Waals surface area contributed by atoms with Crippen molar-refractivity contribution in [2.24, 2.45) is 40.4 Å². The molecule has 3 aromatic rings.